The fraction of sp³-hybridized carbons (Fsp3) is 0.571. The lowest BCUT2D eigenvalue weighted by molar-refractivity contribution is 0.151. The van der Waals surface area contributed by atoms with Gasteiger partial charge < -0.3 is 15.2 Å². The number of rotatable bonds is 3. The molecule has 1 aromatic carbocycles. The van der Waals surface area contributed by atoms with E-state index in [0.717, 1.165) is 35.3 Å². The molecule has 1 aliphatic heterocycles. The van der Waals surface area contributed by atoms with E-state index in [0.29, 0.717) is 13.2 Å². The summed E-state index contributed by atoms with van der Waals surface area (Å²) in [5.41, 5.74) is 8.02. The Labute approximate surface area is 108 Å². The molecule has 1 heterocycles. The lowest BCUT2D eigenvalue weighted by atomic mass is 9.91. The van der Waals surface area contributed by atoms with Crippen molar-refractivity contribution in [2.75, 3.05) is 26.0 Å². The van der Waals surface area contributed by atoms with Gasteiger partial charge in [0.2, 0.25) is 0 Å². The average molecular weight is 248 g/mol. The minimum atomic E-state index is 0.605. The smallest absolute Gasteiger partial charge is 0.163 e. The minimum Gasteiger partial charge on any atom is -0.486 e. The number of hydrogen-bond donors (Lipinski definition) is 1. The number of nitrogens with two attached hydrogens (primary N) is 1. The van der Waals surface area contributed by atoms with E-state index >= 15 is 0 Å². The molecule has 2 N–H and O–H groups in total. The lowest BCUT2D eigenvalue weighted by Crippen LogP contribution is -2.36. The van der Waals surface area contributed by atoms with Crippen molar-refractivity contribution in [2.45, 2.75) is 31.8 Å². The zero-order chi connectivity index (χ0) is 12.5. The van der Waals surface area contributed by atoms with Gasteiger partial charge in [0, 0.05) is 24.3 Å². The Morgan fingerprint density at radius 3 is 2.50 bits per heavy atom. The maximum absolute atomic E-state index is 6.09. The van der Waals surface area contributed by atoms with Gasteiger partial charge in [-0.25, -0.2) is 0 Å². The second-order valence-corrected chi connectivity index (χ2v) is 5.19. The summed E-state index contributed by atoms with van der Waals surface area (Å²) in [7, 11) is 2.17. The number of benzene rings is 1. The third-order valence-electron chi connectivity index (χ3n) is 3.92. The van der Waals surface area contributed by atoms with Crippen LogP contribution >= 0.6 is 0 Å². The van der Waals surface area contributed by atoms with Crippen LogP contribution in [0.1, 0.15) is 24.8 Å². The lowest BCUT2D eigenvalue weighted by Gasteiger charge is -2.35. The SMILES string of the molecule is CN(Cc1cc2c(cc1N)OCCO2)C1CCC1. The van der Waals surface area contributed by atoms with Gasteiger partial charge in [0.05, 0.1) is 0 Å². The monoisotopic (exact) mass is 248 g/mol. The first kappa shape index (κ1) is 11.7. The van der Waals surface area contributed by atoms with Crippen LogP contribution in [-0.2, 0) is 6.54 Å². The number of fused-ring (bicyclic) bond motifs is 1. The van der Waals surface area contributed by atoms with Crippen LogP contribution in [0.25, 0.3) is 0 Å². The Morgan fingerprint density at radius 1 is 1.22 bits per heavy atom. The molecule has 0 amide bonds. The zero-order valence-corrected chi connectivity index (χ0v) is 10.8. The topological polar surface area (TPSA) is 47.7 Å². The van der Waals surface area contributed by atoms with Gasteiger partial charge in [-0.05, 0) is 31.5 Å². The number of nitrogens with zero attached hydrogens (tertiary/aromatic N) is 1. The minimum absolute atomic E-state index is 0.605. The standard InChI is InChI=1S/C14H20N2O2/c1-16(11-3-2-4-11)9-10-7-13-14(8-12(10)15)18-6-5-17-13/h7-8,11H,2-6,9,15H2,1H3. The molecule has 2 aliphatic rings. The second kappa shape index (κ2) is 4.69. The van der Waals surface area contributed by atoms with Gasteiger partial charge in [0.25, 0.3) is 0 Å². The highest BCUT2D eigenvalue weighted by atomic mass is 16.6. The number of hydrogen-bond acceptors (Lipinski definition) is 4. The molecular weight excluding hydrogens is 228 g/mol. The quantitative estimate of drug-likeness (QED) is 0.831. The molecule has 4 nitrogen and oxygen atoms in total. The van der Waals surface area contributed by atoms with E-state index in [1.54, 1.807) is 0 Å². The van der Waals surface area contributed by atoms with Gasteiger partial charge in [-0.2, -0.15) is 0 Å². The van der Waals surface area contributed by atoms with Crippen LogP contribution in [0, 0.1) is 0 Å². The van der Waals surface area contributed by atoms with Crippen LogP contribution < -0.4 is 15.2 Å². The molecule has 0 spiro atoms. The Hall–Kier alpha value is -1.42. The molecule has 1 aliphatic carbocycles. The molecule has 0 unspecified atom stereocenters. The van der Waals surface area contributed by atoms with Crippen molar-refractivity contribution < 1.29 is 9.47 Å². The molecule has 0 aromatic heterocycles. The van der Waals surface area contributed by atoms with E-state index in [1.807, 2.05) is 12.1 Å². The maximum atomic E-state index is 6.09. The summed E-state index contributed by atoms with van der Waals surface area (Å²) in [5, 5.41) is 0. The summed E-state index contributed by atoms with van der Waals surface area (Å²) >= 11 is 0. The van der Waals surface area contributed by atoms with E-state index in [1.165, 1.54) is 19.3 Å². The fourth-order valence-electron chi connectivity index (χ4n) is 2.51. The first-order valence-electron chi connectivity index (χ1n) is 6.62. The molecule has 18 heavy (non-hydrogen) atoms. The molecule has 98 valence electrons. The molecule has 1 aromatic rings. The summed E-state index contributed by atoms with van der Waals surface area (Å²) in [6, 6.07) is 4.63. The molecular formula is C14H20N2O2. The molecule has 0 bridgehead atoms. The highest BCUT2D eigenvalue weighted by Crippen LogP contribution is 2.35. The van der Waals surface area contributed by atoms with Crippen molar-refractivity contribution in [3.63, 3.8) is 0 Å². The summed E-state index contributed by atoms with van der Waals surface area (Å²) in [6.45, 7) is 2.11. The van der Waals surface area contributed by atoms with Gasteiger partial charge >= 0.3 is 0 Å². The van der Waals surface area contributed by atoms with Crippen LogP contribution in [0.2, 0.25) is 0 Å². The molecule has 4 heteroatoms. The Bertz CT molecular complexity index is 444. The first-order valence-corrected chi connectivity index (χ1v) is 6.62. The van der Waals surface area contributed by atoms with E-state index in [9.17, 15) is 0 Å². The summed E-state index contributed by atoms with van der Waals surface area (Å²) in [4.78, 5) is 2.38. The summed E-state index contributed by atoms with van der Waals surface area (Å²) in [5.74, 6) is 1.60. The largest absolute Gasteiger partial charge is 0.486 e. The molecule has 1 fully saturated rings. The Kier molecular flexibility index (Phi) is 3.04. The van der Waals surface area contributed by atoms with Crippen molar-refractivity contribution in [1.82, 2.24) is 4.90 Å². The highest BCUT2D eigenvalue weighted by Gasteiger charge is 2.23. The van der Waals surface area contributed by atoms with E-state index in [2.05, 4.69) is 11.9 Å². The fourth-order valence-corrected chi connectivity index (χ4v) is 2.51. The Balaban J connectivity index is 1.78. The van der Waals surface area contributed by atoms with Crippen LogP contribution in [0.15, 0.2) is 12.1 Å². The van der Waals surface area contributed by atoms with Crippen molar-refractivity contribution in [3.05, 3.63) is 17.7 Å². The van der Waals surface area contributed by atoms with Gasteiger partial charge in [-0.1, -0.05) is 6.42 Å². The zero-order valence-electron chi connectivity index (χ0n) is 10.8. The van der Waals surface area contributed by atoms with Crippen LogP contribution in [-0.4, -0.2) is 31.2 Å². The average Bonchev–Trinajstić information content (AvgIpc) is 2.27. The first-order chi connectivity index (χ1) is 8.74. The molecule has 0 atom stereocenters. The van der Waals surface area contributed by atoms with Gasteiger partial charge in [-0.15, -0.1) is 0 Å². The summed E-state index contributed by atoms with van der Waals surface area (Å²) in [6.07, 6.45) is 3.97. The number of anilines is 1. The van der Waals surface area contributed by atoms with Gasteiger partial charge in [0.15, 0.2) is 11.5 Å². The Morgan fingerprint density at radius 2 is 1.89 bits per heavy atom. The highest BCUT2D eigenvalue weighted by molar-refractivity contribution is 5.58. The van der Waals surface area contributed by atoms with Gasteiger partial charge in [-0.3, -0.25) is 4.90 Å². The van der Waals surface area contributed by atoms with E-state index in [4.69, 9.17) is 15.2 Å². The van der Waals surface area contributed by atoms with Crippen molar-refractivity contribution in [3.8, 4) is 11.5 Å². The predicted octanol–water partition coefficient (Wildman–Crippen LogP) is 2.02. The maximum Gasteiger partial charge on any atom is 0.163 e. The molecule has 0 radical (unpaired) electrons. The second-order valence-electron chi connectivity index (χ2n) is 5.19. The molecule has 3 rings (SSSR count). The third kappa shape index (κ3) is 2.12. The van der Waals surface area contributed by atoms with Crippen molar-refractivity contribution >= 4 is 5.69 Å². The molecule has 0 saturated heterocycles. The summed E-state index contributed by atoms with van der Waals surface area (Å²) < 4.78 is 11.1. The van der Waals surface area contributed by atoms with E-state index < -0.39 is 0 Å². The molecule has 1 saturated carbocycles. The third-order valence-corrected chi connectivity index (χ3v) is 3.92. The van der Waals surface area contributed by atoms with Crippen molar-refractivity contribution in [2.24, 2.45) is 0 Å². The number of ether oxygens (including phenoxy) is 2. The van der Waals surface area contributed by atoms with Crippen LogP contribution in [0.4, 0.5) is 5.69 Å². The number of nitrogen functional groups attached to an aromatic ring is 1. The van der Waals surface area contributed by atoms with Crippen LogP contribution in [0.5, 0.6) is 11.5 Å². The predicted molar refractivity (Wildman–Crippen MR) is 71.0 cm³/mol. The van der Waals surface area contributed by atoms with E-state index in [-0.39, 0.29) is 0 Å². The van der Waals surface area contributed by atoms with Crippen LogP contribution in [0.3, 0.4) is 0 Å². The van der Waals surface area contributed by atoms with Crippen molar-refractivity contribution in [1.29, 1.82) is 0 Å². The van der Waals surface area contributed by atoms with Gasteiger partial charge in [0.1, 0.15) is 13.2 Å². The normalized spacial score (nSPS) is 18.8.